The first kappa shape index (κ1) is 16.3. The largest absolute Gasteiger partial charge is 0.471 e. The molecule has 0 aliphatic carbocycles. The molecule has 4 nitrogen and oxygen atoms in total. The Balaban J connectivity index is 2.69. The number of nitrogens with one attached hydrogen (secondary N) is 1. The lowest BCUT2D eigenvalue weighted by Crippen LogP contribution is -2.50. The van der Waals surface area contributed by atoms with E-state index in [1.165, 1.54) is 20.0 Å². The van der Waals surface area contributed by atoms with E-state index < -0.39 is 17.6 Å². The number of aromatic nitrogens is 1. The second-order valence-electron chi connectivity index (χ2n) is 4.59. The topological polar surface area (TPSA) is 65.8 Å². The van der Waals surface area contributed by atoms with Crippen LogP contribution in [0.15, 0.2) is 23.2 Å². The summed E-state index contributed by atoms with van der Waals surface area (Å²) in [6.07, 6.45) is -3.45. The number of thioether (sulfide) groups is 1. The minimum absolute atomic E-state index is 0.176. The highest BCUT2D eigenvalue weighted by Crippen LogP contribution is 2.25. The van der Waals surface area contributed by atoms with Crippen LogP contribution in [0.2, 0.25) is 0 Å². The Morgan fingerprint density at radius 3 is 2.70 bits per heavy atom. The number of alkyl halides is 3. The molecule has 20 heavy (non-hydrogen) atoms. The highest BCUT2D eigenvalue weighted by molar-refractivity contribution is 7.99. The van der Waals surface area contributed by atoms with E-state index in [1.807, 2.05) is 11.4 Å². The van der Waals surface area contributed by atoms with Crippen LogP contribution >= 0.6 is 11.8 Å². The average Bonchev–Trinajstić information content (AvgIpc) is 2.35. The fourth-order valence-electron chi connectivity index (χ4n) is 1.26. The Hall–Kier alpha value is -1.75. The van der Waals surface area contributed by atoms with Gasteiger partial charge in [0.15, 0.2) is 5.69 Å². The van der Waals surface area contributed by atoms with Gasteiger partial charge in [0, 0.05) is 22.4 Å². The lowest BCUT2D eigenvalue weighted by Gasteiger charge is -2.26. The molecule has 1 heterocycles. The van der Waals surface area contributed by atoms with Crippen molar-refractivity contribution in [2.75, 3.05) is 5.75 Å². The van der Waals surface area contributed by atoms with E-state index in [9.17, 15) is 18.0 Å². The van der Waals surface area contributed by atoms with Crippen LogP contribution in [0.1, 0.15) is 19.5 Å². The van der Waals surface area contributed by atoms with Crippen LogP contribution in [0.4, 0.5) is 13.2 Å². The van der Waals surface area contributed by atoms with Crippen LogP contribution < -0.4 is 5.32 Å². The minimum Gasteiger partial charge on any atom is -0.343 e. The zero-order valence-electron chi connectivity index (χ0n) is 10.8. The molecule has 0 saturated heterocycles. The van der Waals surface area contributed by atoms with Crippen molar-refractivity contribution < 1.29 is 18.0 Å². The summed E-state index contributed by atoms with van der Waals surface area (Å²) in [6, 6.07) is 5.18. The van der Waals surface area contributed by atoms with Crippen molar-refractivity contribution in [1.82, 2.24) is 10.3 Å². The Morgan fingerprint density at radius 1 is 1.50 bits per heavy atom. The van der Waals surface area contributed by atoms with E-state index in [0.717, 1.165) is 11.8 Å². The maximum atomic E-state index is 12.2. The average molecular weight is 303 g/mol. The molecule has 1 N–H and O–H groups in total. The molecule has 0 spiro atoms. The summed E-state index contributed by atoms with van der Waals surface area (Å²) in [4.78, 5) is 15.3. The molecule has 0 saturated carbocycles. The zero-order chi connectivity index (χ0) is 15.4. The van der Waals surface area contributed by atoms with Crippen molar-refractivity contribution in [3.63, 3.8) is 0 Å². The van der Waals surface area contributed by atoms with Gasteiger partial charge in [0.05, 0.1) is 0 Å². The first-order chi connectivity index (χ1) is 9.15. The van der Waals surface area contributed by atoms with Gasteiger partial charge in [-0.05, 0) is 26.0 Å². The van der Waals surface area contributed by atoms with Gasteiger partial charge in [-0.15, -0.1) is 11.8 Å². The van der Waals surface area contributed by atoms with E-state index in [0.29, 0.717) is 4.90 Å². The molecule has 1 aromatic rings. The molecule has 0 bridgehead atoms. The molecule has 1 rings (SSSR count). The Labute approximate surface area is 118 Å². The summed E-state index contributed by atoms with van der Waals surface area (Å²) >= 11 is 1.16. The van der Waals surface area contributed by atoms with E-state index >= 15 is 0 Å². The number of hydrogen-bond acceptors (Lipinski definition) is 4. The van der Waals surface area contributed by atoms with Crippen LogP contribution in [-0.2, 0) is 4.79 Å². The standard InChI is InChI=1S/C12H12F3N3OS/c1-11(2,18-10(19)12(13,14)15)7-20-9-4-3-5-17-8(9)6-16/h3-5H,7H2,1-2H3,(H,18,19). The first-order valence-corrected chi connectivity index (χ1v) is 6.51. The first-order valence-electron chi connectivity index (χ1n) is 5.53. The molecule has 0 aliphatic rings. The fraction of sp³-hybridized carbons (Fsp3) is 0.417. The maximum Gasteiger partial charge on any atom is 0.471 e. The van der Waals surface area contributed by atoms with Gasteiger partial charge in [0.1, 0.15) is 6.07 Å². The van der Waals surface area contributed by atoms with Crippen LogP contribution in [0.5, 0.6) is 0 Å². The molecular formula is C12H12F3N3OS. The molecule has 0 atom stereocenters. The third-order valence-corrected chi connectivity index (χ3v) is 3.68. The molecular weight excluding hydrogens is 291 g/mol. The number of hydrogen-bond donors (Lipinski definition) is 1. The quantitative estimate of drug-likeness (QED) is 0.868. The molecule has 0 unspecified atom stereocenters. The van der Waals surface area contributed by atoms with Crippen molar-refractivity contribution in [2.24, 2.45) is 0 Å². The molecule has 108 valence electrons. The third kappa shape index (κ3) is 4.74. The number of pyridine rings is 1. The Morgan fingerprint density at radius 2 is 2.15 bits per heavy atom. The summed E-state index contributed by atoms with van der Waals surface area (Å²) < 4.78 is 36.6. The van der Waals surface area contributed by atoms with E-state index in [2.05, 4.69) is 4.98 Å². The van der Waals surface area contributed by atoms with Gasteiger partial charge in [-0.1, -0.05) is 0 Å². The van der Waals surface area contributed by atoms with Crippen molar-refractivity contribution in [3.05, 3.63) is 24.0 Å². The van der Waals surface area contributed by atoms with Gasteiger partial charge in [0.2, 0.25) is 0 Å². The molecule has 0 aliphatic heterocycles. The van der Waals surface area contributed by atoms with Crippen molar-refractivity contribution >= 4 is 17.7 Å². The molecule has 8 heteroatoms. The van der Waals surface area contributed by atoms with Gasteiger partial charge in [-0.3, -0.25) is 4.79 Å². The summed E-state index contributed by atoms with van der Waals surface area (Å²) in [5.41, 5.74) is -0.865. The number of carbonyl (C=O) groups excluding carboxylic acids is 1. The predicted molar refractivity (Wildman–Crippen MR) is 68.0 cm³/mol. The molecule has 1 aromatic heterocycles. The van der Waals surface area contributed by atoms with Gasteiger partial charge >= 0.3 is 12.1 Å². The molecule has 1 amide bonds. The normalized spacial score (nSPS) is 11.8. The number of nitrogens with zero attached hydrogens (tertiary/aromatic N) is 2. The second-order valence-corrected chi connectivity index (χ2v) is 5.60. The monoisotopic (exact) mass is 303 g/mol. The molecule has 0 aromatic carbocycles. The number of amides is 1. The van der Waals surface area contributed by atoms with Crippen molar-refractivity contribution in [2.45, 2.75) is 30.5 Å². The van der Waals surface area contributed by atoms with Gasteiger partial charge in [-0.2, -0.15) is 18.4 Å². The number of rotatable bonds is 4. The van der Waals surface area contributed by atoms with Crippen molar-refractivity contribution in [1.29, 1.82) is 5.26 Å². The molecule has 0 fully saturated rings. The SMILES string of the molecule is CC(C)(CSc1cccnc1C#N)NC(=O)C(F)(F)F. The van der Waals surface area contributed by atoms with E-state index in [4.69, 9.17) is 5.26 Å². The van der Waals surface area contributed by atoms with E-state index in [1.54, 1.807) is 12.1 Å². The fourth-order valence-corrected chi connectivity index (χ4v) is 2.26. The van der Waals surface area contributed by atoms with Crippen LogP contribution in [-0.4, -0.2) is 28.4 Å². The molecule has 0 radical (unpaired) electrons. The highest BCUT2D eigenvalue weighted by Gasteiger charge is 2.41. The van der Waals surface area contributed by atoms with Gasteiger partial charge < -0.3 is 5.32 Å². The lowest BCUT2D eigenvalue weighted by molar-refractivity contribution is -0.175. The minimum atomic E-state index is -4.91. The zero-order valence-corrected chi connectivity index (χ0v) is 11.6. The van der Waals surface area contributed by atoms with Crippen molar-refractivity contribution in [3.8, 4) is 6.07 Å². The van der Waals surface area contributed by atoms with Gasteiger partial charge in [0.25, 0.3) is 0 Å². The van der Waals surface area contributed by atoms with E-state index in [-0.39, 0.29) is 11.4 Å². The summed E-state index contributed by atoms with van der Waals surface area (Å²) in [6.45, 7) is 2.96. The predicted octanol–water partition coefficient (Wildman–Crippen LogP) is 2.50. The maximum absolute atomic E-state index is 12.2. The highest BCUT2D eigenvalue weighted by atomic mass is 32.2. The lowest BCUT2D eigenvalue weighted by atomic mass is 10.1. The number of nitriles is 1. The third-order valence-electron chi connectivity index (χ3n) is 2.17. The van der Waals surface area contributed by atoms with Crippen LogP contribution in [0, 0.1) is 11.3 Å². The van der Waals surface area contributed by atoms with Crippen LogP contribution in [0.25, 0.3) is 0 Å². The smallest absolute Gasteiger partial charge is 0.343 e. The summed E-state index contributed by atoms with van der Waals surface area (Å²) in [5, 5.41) is 10.8. The van der Waals surface area contributed by atoms with Gasteiger partial charge in [-0.25, -0.2) is 4.98 Å². The summed E-state index contributed by atoms with van der Waals surface area (Å²) in [7, 11) is 0. The second kappa shape index (κ2) is 6.13. The summed E-state index contributed by atoms with van der Waals surface area (Å²) in [5.74, 6) is -1.80. The number of halogens is 3. The van der Waals surface area contributed by atoms with Crippen LogP contribution in [0.3, 0.4) is 0 Å². The Kier molecular flexibility index (Phi) is 5.00. The number of carbonyl (C=O) groups is 1. The Bertz CT molecular complexity index is 537.